The molecule has 2 aromatic carbocycles. The summed E-state index contributed by atoms with van der Waals surface area (Å²) < 4.78 is 52.1. The van der Waals surface area contributed by atoms with Gasteiger partial charge in [0.25, 0.3) is 5.91 Å². The molecule has 3 aromatic rings. The number of hydrogen-bond acceptors (Lipinski definition) is 4. The minimum atomic E-state index is -4.62. The molecule has 0 aliphatic carbocycles. The van der Waals surface area contributed by atoms with Gasteiger partial charge in [0.15, 0.2) is 5.76 Å². The lowest BCUT2D eigenvalue weighted by atomic mass is 10.1. The lowest BCUT2D eigenvalue weighted by Crippen LogP contribution is -2.17. The van der Waals surface area contributed by atoms with Crippen molar-refractivity contribution in [2.75, 3.05) is 24.3 Å². The molecule has 0 radical (unpaired) electrons. The molecule has 158 valence electrons. The Morgan fingerprint density at radius 1 is 1.10 bits per heavy atom. The normalized spacial score (nSPS) is 11.3. The van der Waals surface area contributed by atoms with E-state index in [0.717, 1.165) is 10.5 Å². The first-order valence-corrected chi connectivity index (χ1v) is 9.60. The van der Waals surface area contributed by atoms with Crippen molar-refractivity contribution >= 4 is 33.2 Å². The van der Waals surface area contributed by atoms with E-state index in [1.54, 1.807) is 31.1 Å². The second-order valence-electron chi connectivity index (χ2n) is 6.58. The molecule has 1 heterocycles. The molecule has 1 N–H and O–H groups in total. The summed E-state index contributed by atoms with van der Waals surface area (Å²) >= 11 is 3.32. The lowest BCUT2D eigenvalue weighted by molar-refractivity contribution is -0.136. The van der Waals surface area contributed by atoms with E-state index in [1.165, 1.54) is 24.3 Å². The van der Waals surface area contributed by atoms with E-state index in [9.17, 15) is 18.0 Å². The first-order chi connectivity index (χ1) is 14.1. The van der Waals surface area contributed by atoms with Crippen LogP contribution in [0.25, 0.3) is 0 Å². The molecule has 9 heteroatoms. The molecule has 30 heavy (non-hydrogen) atoms. The monoisotopic (exact) mass is 482 g/mol. The Hall–Kier alpha value is -2.94. The van der Waals surface area contributed by atoms with Crippen LogP contribution in [0.5, 0.6) is 5.75 Å². The quantitative estimate of drug-likeness (QED) is 0.471. The largest absolute Gasteiger partial charge is 0.486 e. The van der Waals surface area contributed by atoms with Gasteiger partial charge in [-0.2, -0.15) is 13.2 Å². The number of benzene rings is 2. The van der Waals surface area contributed by atoms with Crippen LogP contribution in [0.15, 0.2) is 63.5 Å². The van der Waals surface area contributed by atoms with Crippen molar-refractivity contribution in [3.8, 4) is 5.75 Å². The number of nitrogens with zero attached hydrogens (tertiary/aromatic N) is 1. The van der Waals surface area contributed by atoms with Crippen molar-refractivity contribution < 1.29 is 27.1 Å². The Morgan fingerprint density at radius 2 is 1.80 bits per heavy atom. The number of anilines is 2. The van der Waals surface area contributed by atoms with Gasteiger partial charge in [0.1, 0.15) is 18.1 Å². The van der Waals surface area contributed by atoms with Crippen molar-refractivity contribution in [1.29, 1.82) is 0 Å². The summed E-state index contributed by atoms with van der Waals surface area (Å²) in [5, 5.41) is 2.28. The van der Waals surface area contributed by atoms with Crippen molar-refractivity contribution in [3.05, 3.63) is 76.2 Å². The molecule has 0 fully saturated rings. The summed E-state index contributed by atoms with van der Waals surface area (Å²) in [4.78, 5) is 14.0. The third-order valence-electron chi connectivity index (χ3n) is 4.15. The number of nitrogens with one attached hydrogen (secondary N) is 1. The molecule has 0 saturated carbocycles. The van der Waals surface area contributed by atoms with Crippen LogP contribution in [0, 0.1) is 0 Å². The van der Waals surface area contributed by atoms with Gasteiger partial charge < -0.3 is 19.4 Å². The zero-order chi connectivity index (χ0) is 21.9. The predicted octanol–water partition coefficient (Wildman–Crippen LogP) is 5.96. The SMILES string of the molecule is CN(C)c1ccc(NC(=O)c2ccc(COc3ccc(Br)cc3)o2)c(C(F)(F)F)c1. The number of amides is 1. The number of rotatable bonds is 6. The fourth-order valence-corrected chi connectivity index (χ4v) is 2.86. The molecule has 5 nitrogen and oxygen atoms in total. The number of carbonyl (C=O) groups is 1. The molecule has 0 saturated heterocycles. The fourth-order valence-electron chi connectivity index (χ4n) is 2.60. The van der Waals surface area contributed by atoms with E-state index in [0.29, 0.717) is 17.2 Å². The van der Waals surface area contributed by atoms with Crippen LogP contribution < -0.4 is 15.0 Å². The molecule has 0 bridgehead atoms. The van der Waals surface area contributed by atoms with Crippen LogP contribution in [0.3, 0.4) is 0 Å². The Kier molecular flexibility index (Phi) is 6.40. The number of hydrogen-bond donors (Lipinski definition) is 1. The number of furan rings is 1. The Labute approximate surface area is 179 Å². The molecular weight excluding hydrogens is 465 g/mol. The topological polar surface area (TPSA) is 54.7 Å². The predicted molar refractivity (Wildman–Crippen MR) is 111 cm³/mol. The molecule has 3 rings (SSSR count). The van der Waals surface area contributed by atoms with E-state index < -0.39 is 17.6 Å². The standard InChI is InChI=1S/C21H18BrF3N2O3/c1-27(2)14-5-9-18(17(11-14)21(23,24)25)26-20(28)19-10-8-16(30-19)12-29-15-6-3-13(22)4-7-15/h3-11H,12H2,1-2H3,(H,26,28). The van der Waals surface area contributed by atoms with E-state index in [-0.39, 0.29) is 18.1 Å². The number of carbonyl (C=O) groups excluding carboxylic acids is 1. The maximum absolute atomic E-state index is 13.4. The third kappa shape index (κ3) is 5.35. The van der Waals surface area contributed by atoms with Crippen molar-refractivity contribution in [1.82, 2.24) is 0 Å². The zero-order valence-corrected chi connectivity index (χ0v) is 17.7. The molecule has 1 amide bonds. The van der Waals surface area contributed by atoms with E-state index >= 15 is 0 Å². The summed E-state index contributed by atoms with van der Waals surface area (Å²) in [5.41, 5.74) is -0.916. The number of ether oxygens (including phenoxy) is 1. The van der Waals surface area contributed by atoms with E-state index in [4.69, 9.17) is 9.15 Å². The van der Waals surface area contributed by atoms with Gasteiger partial charge in [-0.15, -0.1) is 0 Å². The van der Waals surface area contributed by atoms with Crippen molar-refractivity contribution in [2.24, 2.45) is 0 Å². The van der Waals surface area contributed by atoms with Gasteiger partial charge >= 0.3 is 6.18 Å². The summed E-state index contributed by atoms with van der Waals surface area (Å²) in [6.07, 6.45) is -4.62. The van der Waals surface area contributed by atoms with Gasteiger partial charge in [-0.05, 0) is 54.6 Å². The maximum Gasteiger partial charge on any atom is 0.418 e. The average Bonchev–Trinajstić information content (AvgIpc) is 3.16. The molecular formula is C21H18BrF3N2O3. The van der Waals surface area contributed by atoms with Crippen LogP contribution >= 0.6 is 15.9 Å². The summed E-state index contributed by atoms with van der Waals surface area (Å²) in [6.45, 7) is 0.0697. The number of alkyl halides is 3. The highest BCUT2D eigenvalue weighted by Crippen LogP contribution is 2.37. The highest BCUT2D eigenvalue weighted by atomic mass is 79.9. The second kappa shape index (κ2) is 8.83. The van der Waals surface area contributed by atoms with Crippen molar-refractivity contribution in [3.63, 3.8) is 0 Å². The summed E-state index contributed by atoms with van der Waals surface area (Å²) in [6, 6.07) is 13.8. The van der Waals surface area contributed by atoms with Crippen LogP contribution in [-0.4, -0.2) is 20.0 Å². The minimum Gasteiger partial charge on any atom is -0.486 e. The molecule has 1 aromatic heterocycles. The van der Waals surface area contributed by atoms with Gasteiger partial charge in [0, 0.05) is 24.3 Å². The van der Waals surface area contributed by atoms with E-state index in [1.807, 2.05) is 12.1 Å². The summed E-state index contributed by atoms with van der Waals surface area (Å²) in [5.74, 6) is 0.0701. The van der Waals surface area contributed by atoms with Gasteiger partial charge in [0.05, 0.1) is 11.3 Å². The smallest absolute Gasteiger partial charge is 0.418 e. The highest BCUT2D eigenvalue weighted by Gasteiger charge is 2.34. The lowest BCUT2D eigenvalue weighted by Gasteiger charge is -2.18. The van der Waals surface area contributed by atoms with E-state index in [2.05, 4.69) is 21.2 Å². The molecule has 0 atom stereocenters. The molecule has 0 aliphatic heterocycles. The first-order valence-electron chi connectivity index (χ1n) is 8.80. The Bertz CT molecular complexity index is 1030. The average molecular weight is 483 g/mol. The van der Waals surface area contributed by atoms with Gasteiger partial charge in [-0.25, -0.2) is 0 Å². The fraction of sp³-hybridized carbons (Fsp3) is 0.190. The zero-order valence-electron chi connectivity index (χ0n) is 16.1. The van der Waals surface area contributed by atoms with Gasteiger partial charge in [-0.3, -0.25) is 4.79 Å². The summed E-state index contributed by atoms with van der Waals surface area (Å²) in [7, 11) is 3.27. The maximum atomic E-state index is 13.4. The molecule has 0 spiro atoms. The molecule has 0 unspecified atom stereocenters. The van der Waals surface area contributed by atoms with Crippen molar-refractivity contribution in [2.45, 2.75) is 12.8 Å². The first kappa shape index (κ1) is 21.8. The van der Waals surface area contributed by atoms with Crippen LogP contribution in [0.4, 0.5) is 24.5 Å². The Morgan fingerprint density at radius 3 is 2.43 bits per heavy atom. The van der Waals surface area contributed by atoms with Gasteiger partial charge in [-0.1, -0.05) is 15.9 Å². The number of halogens is 4. The second-order valence-corrected chi connectivity index (χ2v) is 7.50. The van der Waals surface area contributed by atoms with Crippen LogP contribution in [0.2, 0.25) is 0 Å². The Balaban J connectivity index is 1.71. The highest BCUT2D eigenvalue weighted by molar-refractivity contribution is 9.10. The van der Waals surface area contributed by atoms with Crippen LogP contribution in [0.1, 0.15) is 21.9 Å². The molecule has 0 aliphatic rings. The minimum absolute atomic E-state index is 0.0697. The van der Waals surface area contributed by atoms with Crippen LogP contribution in [-0.2, 0) is 12.8 Å². The third-order valence-corrected chi connectivity index (χ3v) is 4.68. The van der Waals surface area contributed by atoms with Gasteiger partial charge in [0.2, 0.25) is 0 Å².